The Morgan fingerprint density at radius 2 is 0.539 bits per heavy atom. The van der Waals surface area contributed by atoms with Gasteiger partial charge in [-0.25, -0.2) is 4.98 Å². The van der Waals surface area contributed by atoms with E-state index in [4.69, 9.17) is 9.97 Å². The molecule has 0 N–H and O–H groups in total. The van der Waals surface area contributed by atoms with E-state index >= 15 is 0 Å². The van der Waals surface area contributed by atoms with Gasteiger partial charge in [-0.3, -0.25) is 9.13 Å². The molecule has 0 atom stereocenters. The molecule has 17 rings (SSSR count). The molecular weight excluding hydrogens is 925 g/mol. The number of hydrogen-bond donors (Lipinski definition) is 0. The number of para-hydroxylation sites is 6. The minimum atomic E-state index is 0.597. The monoisotopic (exact) mass is 966 g/mol. The van der Waals surface area contributed by atoms with Crippen LogP contribution in [-0.2, 0) is 0 Å². The van der Waals surface area contributed by atoms with Crippen LogP contribution in [0.3, 0.4) is 0 Å². The lowest BCUT2D eigenvalue weighted by atomic mass is 9.93. The van der Waals surface area contributed by atoms with Gasteiger partial charge in [-0.15, -0.1) is 0 Å². The summed E-state index contributed by atoms with van der Waals surface area (Å²) in [6.07, 6.45) is 0. The summed E-state index contributed by atoms with van der Waals surface area (Å²) in [5.74, 6) is 1.38. The fourth-order valence-corrected chi connectivity index (χ4v) is 12.9. The molecule has 0 fully saturated rings. The van der Waals surface area contributed by atoms with E-state index < -0.39 is 0 Å². The van der Waals surface area contributed by atoms with Crippen molar-refractivity contribution in [1.29, 1.82) is 0 Å². The van der Waals surface area contributed by atoms with Gasteiger partial charge in [-0.1, -0.05) is 170 Å². The summed E-state index contributed by atoms with van der Waals surface area (Å²) in [6.45, 7) is 0. The molecule has 0 bridgehead atoms. The van der Waals surface area contributed by atoms with Gasteiger partial charge in [-0.2, -0.15) is 4.98 Å². The maximum absolute atomic E-state index is 5.71. The van der Waals surface area contributed by atoms with Gasteiger partial charge in [0.15, 0.2) is 0 Å². The van der Waals surface area contributed by atoms with E-state index in [0.29, 0.717) is 5.95 Å². The van der Waals surface area contributed by atoms with Crippen LogP contribution in [0.25, 0.3) is 154 Å². The van der Waals surface area contributed by atoms with Crippen LogP contribution in [0.15, 0.2) is 255 Å². The molecule has 0 aliphatic rings. The van der Waals surface area contributed by atoms with Crippen molar-refractivity contribution in [3.8, 4) is 34.4 Å². The quantitative estimate of drug-likeness (QED) is 0.161. The minimum absolute atomic E-state index is 0.597. The van der Waals surface area contributed by atoms with E-state index in [-0.39, 0.29) is 0 Å². The molecular formula is C70H42N6. The number of rotatable bonds is 5. The highest BCUT2D eigenvalue weighted by Gasteiger charge is 2.23. The Kier molecular flexibility index (Phi) is 8.46. The van der Waals surface area contributed by atoms with E-state index in [9.17, 15) is 0 Å². The Labute approximate surface area is 434 Å². The molecule has 0 saturated carbocycles. The van der Waals surface area contributed by atoms with Crippen LogP contribution in [-0.4, -0.2) is 28.2 Å². The van der Waals surface area contributed by atoms with Crippen LogP contribution in [0, 0.1) is 0 Å². The normalized spacial score (nSPS) is 12.2. The first kappa shape index (κ1) is 41.2. The molecule has 0 aliphatic carbocycles. The Morgan fingerprint density at radius 1 is 0.211 bits per heavy atom. The molecule has 5 aromatic heterocycles. The Balaban J connectivity index is 0.936. The molecule has 0 spiro atoms. The Morgan fingerprint density at radius 3 is 0.987 bits per heavy atom. The van der Waals surface area contributed by atoms with Crippen LogP contribution in [0.5, 0.6) is 0 Å². The number of aromatic nitrogens is 6. The molecule has 5 heterocycles. The van der Waals surface area contributed by atoms with Crippen LogP contribution < -0.4 is 0 Å². The predicted molar refractivity (Wildman–Crippen MR) is 317 cm³/mol. The number of benzene rings is 12. The van der Waals surface area contributed by atoms with Gasteiger partial charge in [-0.05, 0) is 111 Å². The van der Waals surface area contributed by atoms with Crippen LogP contribution >= 0.6 is 0 Å². The fraction of sp³-hybridized carbons (Fsp3) is 0. The van der Waals surface area contributed by atoms with Crippen molar-refractivity contribution in [2.75, 3.05) is 0 Å². The van der Waals surface area contributed by atoms with Crippen molar-refractivity contribution < 1.29 is 0 Å². The molecule has 0 radical (unpaired) electrons. The molecule has 6 heteroatoms. The van der Waals surface area contributed by atoms with Crippen molar-refractivity contribution in [2.24, 2.45) is 0 Å². The van der Waals surface area contributed by atoms with E-state index in [1.165, 1.54) is 75.9 Å². The summed E-state index contributed by atoms with van der Waals surface area (Å²) in [7, 11) is 0. The van der Waals surface area contributed by atoms with Crippen LogP contribution in [0.4, 0.5) is 0 Å². The van der Waals surface area contributed by atoms with Gasteiger partial charge >= 0.3 is 0 Å². The molecule has 6 nitrogen and oxygen atoms in total. The molecule has 17 aromatic rings. The molecule has 0 aliphatic heterocycles. The highest BCUT2D eigenvalue weighted by molar-refractivity contribution is 6.26. The molecule has 352 valence electrons. The average Bonchev–Trinajstić information content (AvgIpc) is 4.34. The Bertz CT molecular complexity index is 4920. The lowest BCUT2D eigenvalue weighted by molar-refractivity contribution is 0.952. The highest BCUT2D eigenvalue weighted by Crippen LogP contribution is 2.42. The maximum atomic E-state index is 5.71. The first-order valence-electron chi connectivity index (χ1n) is 26.0. The highest BCUT2D eigenvalue weighted by atomic mass is 15.2. The zero-order valence-corrected chi connectivity index (χ0v) is 40.9. The zero-order valence-electron chi connectivity index (χ0n) is 40.9. The number of fused-ring (bicyclic) bond motifs is 18. The molecule has 76 heavy (non-hydrogen) atoms. The third-order valence-electron chi connectivity index (χ3n) is 16.2. The zero-order chi connectivity index (χ0) is 49.6. The lowest BCUT2D eigenvalue weighted by Gasteiger charge is -2.15. The van der Waals surface area contributed by atoms with E-state index in [1.54, 1.807) is 0 Å². The molecule has 0 saturated heterocycles. The summed E-state index contributed by atoms with van der Waals surface area (Å²) in [6, 6.07) is 92.7. The summed E-state index contributed by atoms with van der Waals surface area (Å²) >= 11 is 0. The number of nitrogens with zero attached hydrogens (tertiary/aromatic N) is 6. The van der Waals surface area contributed by atoms with Gasteiger partial charge in [0, 0.05) is 66.1 Å². The SMILES string of the molecule is c1ccc2c(c1)c1ccccc1c1cc(-c3cc(-n4c5ccccc5c5cc(-n6c7ccccc7c7ccccc76)ccc54)nc(-n4c5ccccc5c5cc(-n6c7ccccc7c7ccccc76)ccc54)n3)ccc21. The lowest BCUT2D eigenvalue weighted by Crippen LogP contribution is -2.07. The Hall–Kier alpha value is -10.3. The second-order valence-electron chi connectivity index (χ2n) is 20.1. The largest absolute Gasteiger partial charge is 0.309 e. The van der Waals surface area contributed by atoms with Crippen molar-refractivity contribution >= 4 is 120 Å². The van der Waals surface area contributed by atoms with Gasteiger partial charge in [0.25, 0.3) is 0 Å². The van der Waals surface area contributed by atoms with E-state index in [0.717, 1.165) is 72.1 Å². The van der Waals surface area contributed by atoms with Crippen LogP contribution in [0.1, 0.15) is 0 Å². The van der Waals surface area contributed by atoms with Crippen molar-refractivity contribution in [3.05, 3.63) is 255 Å². The van der Waals surface area contributed by atoms with E-state index in [1.807, 2.05) is 0 Å². The van der Waals surface area contributed by atoms with E-state index in [2.05, 4.69) is 273 Å². The maximum Gasteiger partial charge on any atom is 0.237 e. The minimum Gasteiger partial charge on any atom is -0.309 e. The first-order valence-corrected chi connectivity index (χ1v) is 26.0. The average molecular weight is 967 g/mol. The van der Waals surface area contributed by atoms with Crippen molar-refractivity contribution in [1.82, 2.24) is 28.2 Å². The summed E-state index contributed by atoms with van der Waals surface area (Å²) in [5, 5.41) is 16.9. The topological polar surface area (TPSA) is 45.5 Å². The van der Waals surface area contributed by atoms with Crippen molar-refractivity contribution in [2.45, 2.75) is 0 Å². The fourth-order valence-electron chi connectivity index (χ4n) is 12.9. The van der Waals surface area contributed by atoms with Crippen molar-refractivity contribution in [3.63, 3.8) is 0 Å². The molecule has 0 unspecified atom stereocenters. The third-order valence-corrected chi connectivity index (χ3v) is 16.2. The van der Waals surface area contributed by atoms with Crippen LogP contribution in [0.2, 0.25) is 0 Å². The van der Waals surface area contributed by atoms with Gasteiger partial charge in [0.2, 0.25) is 5.95 Å². The summed E-state index contributed by atoms with van der Waals surface area (Å²) in [5.41, 5.74) is 13.0. The number of hydrogen-bond acceptors (Lipinski definition) is 2. The summed E-state index contributed by atoms with van der Waals surface area (Å²) < 4.78 is 9.41. The summed E-state index contributed by atoms with van der Waals surface area (Å²) in [4.78, 5) is 11.4. The standard InChI is InChI=1S/C70H42N6/c1-2-19-48-46(17-1)47-18-3-4-20-49(47)57-39-43(33-36-50(48)57)60-42-69(75-65-31-15-9-25-55(65)58-40-44(34-37-67(58)75)73-61-27-11-5-21-51(61)52-22-6-12-28-62(52)73)72-70(71-60)76-66-32-16-10-26-56(66)59-41-45(35-38-68(59)76)74-63-29-13-7-23-53(63)54-24-8-14-30-64(54)74/h1-42H. The smallest absolute Gasteiger partial charge is 0.237 e. The predicted octanol–water partition coefficient (Wildman–Crippen LogP) is 18.0. The second kappa shape index (κ2) is 15.6. The third kappa shape index (κ3) is 5.75. The van der Waals surface area contributed by atoms with Gasteiger partial charge in [0.1, 0.15) is 5.82 Å². The van der Waals surface area contributed by atoms with Gasteiger partial charge in [0.05, 0.1) is 49.8 Å². The van der Waals surface area contributed by atoms with Gasteiger partial charge < -0.3 is 9.13 Å². The second-order valence-corrected chi connectivity index (χ2v) is 20.1. The molecule has 0 amide bonds. The molecule has 12 aromatic carbocycles. The first-order chi connectivity index (χ1) is 37.7.